The zero-order valence-electron chi connectivity index (χ0n) is 7.84. The molecule has 0 N–H and O–H groups in total. The van der Waals surface area contributed by atoms with E-state index < -0.39 is 0 Å². The fourth-order valence-electron chi connectivity index (χ4n) is 1.72. The van der Waals surface area contributed by atoms with Crippen LogP contribution in [0.1, 0.15) is 39.0 Å². The minimum Gasteiger partial charge on any atom is -0.293 e. The van der Waals surface area contributed by atoms with Crippen molar-refractivity contribution in [1.29, 1.82) is 0 Å². The highest BCUT2D eigenvalue weighted by molar-refractivity contribution is 5.80. The lowest BCUT2D eigenvalue weighted by molar-refractivity contribution is 0.723. The molecular weight excluding hydrogens is 146 g/mol. The van der Waals surface area contributed by atoms with Gasteiger partial charge in [0.05, 0.1) is 0 Å². The Balaban J connectivity index is 1.87. The lowest BCUT2D eigenvalue weighted by Crippen LogP contribution is -2.00. The zero-order valence-corrected chi connectivity index (χ0v) is 7.84. The van der Waals surface area contributed by atoms with E-state index in [0.717, 1.165) is 12.5 Å². The minimum absolute atomic E-state index is 1.01. The molecule has 1 heterocycles. The van der Waals surface area contributed by atoms with E-state index in [9.17, 15) is 0 Å². The normalized spacial score (nSPS) is 23.4. The average Bonchev–Trinajstić information content (AvgIpc) is 2.86. The molecule has 0 saturated heterocycles. The highest BCUT2D eigenvalue weighted by atomic mass is 14.7. The van der Waals surface area contributed by atoms with Gasteiger partial charge in [-0.05, 0) is 37.7 Å². The molecule has 0 spiro atoms. The van der Waals surface area contributed by atoms with Crippen LogP contribution in [0.15, 0.2) is 16.1 Å². The first kappa shape index (κ1) is 8.03. The quantitative estimate of drug-likeness (QED) is 0.606. The summed E-state index contributed by atoms with van der Waals surface area (Å²) in [6.07, 6.45) is 8.92. The molecule has 1 aliphatic carbocycles. The predicted molar refractivity (Wildman–Crippen MR) is 52.6 cm³/mol. The van der Waals surface area contributed by atoms with Gasteiger partial charge < -0.3 is 0 Å². The Morgan fingerprint density at radius 2 is 2.33 bits per heavy atom. The largest absolute Gasteiger partial charge is 0.293 e. The van der Waals surface area contributed by atoms with Crippen LogP contribution in [0.3, 0.4) is 0 Å². The number of hydrogen-bond donors (Lipinski definition) is 0. The van der Waals surface area contributed by atoms with E-state index in [2.05, 4.69) is 18.1 Å². The standard InChI is InChI=1S/C11H17N/c1-9-6-7-12-8-11(9)5-4-10-2-3-10/h8,10H,2-7H2,1H3. The summed E-state index contributed by atoms with van der Waals surface area (Å²) in [6, 6.07) is 0. The van der Waals surface area contributed by atoms with Crippen LogP contribution in [0.5, 0.6) is 0 Å². The van der Waals surface area contributed by atoms with E-state index in [1.165, 1.54) is 37.7 Å². The van der Waals surface area contributed by atoms with Gasteiger partial charge in [-0.25, -0.2) is 0 Å². The number of nitrogens with zero attached hydrogens (tertiary/aromatic N) is 1. The predicted octanol–water partition coefficient (Wildman–Crippen LogP) is 2.97. The van der Waals surface area contributed by atoms with E-state index in [4.69, 9.17) is 0 Å². The smallest absolute Gasteiger partial charge is 0.0426 e. The number of rotatable bonds is 3. The second kappa shape index (κ2) is 3.42. The molecule has 0 aromatic carbocycles. The van der Waals surface area contributed by atoms with Gasteiger partial charge in [-0.1, -0.05) is 18.4 Å². The van der Waals surface area contributed by atoms with Crippen molar-refractivity contribution in [3.05, 3.63) is 11.1 Å². The monoisotopic (exact) mass is 163 g/mol. The third-order valence-electron chi connectivity index (χ3n) is 2.93. The van der Waals surface area contributed by atoms with Gasteiger partial charge >= 0.3 is 0 Å². The molecule has 66 valence electrons. The SMILES string of the molecule is CC1=C(CCC2CC2)C=NCC1. The van der Waals surface area contributed by atoms with Crippen LogP contribution in [0.25, 0.3) is 0 Å². The van der Waals surface area contributed by atoms with Crippen LogP contribution in [-0.2, 0) is 0 Å². The number of aliphatic imine (C=N–C) groups is 1. The summed E-state index contributed by atoms with van der Waals surface area (Å²) in [4.78, 5) is 4.32. The molecule has 0 bridgehead atoms. The zero-order chi connectivity index (χ0) is 8.39. The van der Waals surface area contributed by atoms with Crippen molar-refractivity contribution in [2.45, 2.75) is 39.0 Å². The van der Waals surface area contributed by atoms with Crippen LogP contribution < -0.4 is 0 Å². The van der Waals surface area contributed by atoms with Crippen LogP contribution in [0, 0.1) is 5.92 Å². The lowest BCUT2D eigenvalue weighted by Gasteiger charge is -2.11. The molecule has 0 amide bonds. The van der Waals surface area contributed by atoms with Crippen molar-refractivity contribution in [3.63, 3.8) is 0 Å². The Morgan fingerprint density at radius 1 is 1.50 bits per heavy atom. The van der Waals surface area contributed by atoms with E-state index in [0.29, 0.717) is 0 Å². The molecule has 0 aromatic heterocycles. The van der Waals surface area contributed by atoms with Crippen LogP contribution >= 0.6 is 0 Å². The maximum absolute atomic E-state index is 4.32. The molecular formula is C11H17N. The van der Waals surface area contributed by atoms with E-state index in [1.54, 1.807) is 5.57 Å². The summed E-state index contributed by atoms with van der Waals surface area (Å²) in [5, 5.41) is 0. The second-order valence-electron chi connectivity index (χ2n) is 4.07. The Morgan fingerprint density at radius 3 is 3.00 bits per heavy atom. The molecule has 1 heteroatoms. The molecule has 2 rings (SSSR count). The topological polar surface area (TPSA) is 12.4 Å². The molecule has 1 nitrogen and oxygen atoms in total. The Labute approximate surface area is 74.6 Å². The van der Waals surface area contributed by atoms with Crippen LogP contribution in [0.2, 0.25) is 0 Å². The summed E-state index contributed by atoms with van der Waals surface area (Å²) >= 11 is 0. The first-order valence-electron chi connectivity index (χ1n) is 5.04. The van der Waals surface area contributed by atoms with Gasteiger partial charge in [0.2, 0.25) is 0 Å². The summed E-state index contributed by atoms with van der Waals surface area (Å²) in [5.41, 5.74) is 3.10. The maximum atomic E-state index is 4.32. The first-order chi connectivity index (χ1) is 5.86. The Kier molecular flexibility index (Phi) is 2.29. The fraction of sp³-hybridized carbons (Fsp3) is 0.727. The number of allylic oxidation sites excluding steroid dienone is 1. The third-order valence-corrected chi connectivity index (χ3v) is 2.93. The average molecular weight is 163 g/mol. The van der Waals surface area contributed by atoms with Crippen LogP contribution in [-0.4, -0.2) is 12.8 Å². The molecule has 1 aliphatic heterocycles. The summed E-state index contributed by atoms with van der Waals surface area (Å²) in [7, 11) is 0. The molecule has 1 fully saturated rings. The van der Waals surface area contributed by atoms with Gasteiger partial charge in [-0.15, -0.1) is 0 Å². The van der Waals surface area contributed by atoms with Gasteiger partial charge in [0.1, 0.15) is 0 Å². The van der Waals surface area contributed by atoms with Gasteiger partial charge in [-0.3, -0.25) is 4.99 Å². The van der Waals surface area contributed by atoms with Crippen molar-refractivity contribution in [2.75, 3.05) is 6.54 Å². The van der Waals surface area contributed by atoms with Crippen molar-refractivity contribution >= 4 is 6.21 Å². The van der Waals surface area contributed by atoms with Gasteiger partial charge in [0.15, 0.2) is 0 Å². The fourth-order valence-corrected chi connectivity index (χ4v) is 1.72. The van der Waals surface area contributed by atoms with Crippen LogP contribution in [0.4, 0.5) is 0 Å². The Hall–Kier alpha value is -0.590. The number of dihydropyridines is 1. The van der Waals surface area contributed by atoms with Gasteiger partial charge in [0.25, 0.3) is 0 Å². The van der Waals surface area contributed by atoms with E-state index >= 15 is 0 Å². The molecule has 1 saturated carbocycles. The van der Waals surface area contributed by atoms with Gasteiger partial charge in [0, 0.05) is 12.8 Å². The number of hydrogen-bond acceptors (Lipinski definition) is 1. The molecule has 2 aliphatic rings. The lowest BCUT2D eigenvalue weighted by atomic mass is 10.00. The van der Waals surface area contributed by atoms with Gasteiger partial charge in [-0.2, -0.15) is 0 Å². The second-order valence-corrected chi connectivity index (χ2v) is 4.07. The maximum Gasteiger partial charge on any atom is 0.0426 e. The molecule has 0 atom stereocenters. The highest BCUT2D eigenvalue weighted by Crippen LogP contribution is 2.35. The highest BCUT2D eigenvalue weighted by Gasteiger charge is 2.21. The van der Waals surface area contributed by atoms with Crippen molar-refractivity contribution in [1.82, 2.24) is 0 Å². The molecule has 0 radical (unpaired) electrons. The first-order valence-corrected chi connectivity index (χ1v) is 5.04. The van der Waals surface area contributed by atoms with Crippen molar-refractivity contribution < 1.29 is 0 Å². The molecule has 12 heavy (non-hydrogen) atoms. The third kappa shape index (κ3) is 1.96. The summed E-state index contributed by atoms with van der Waals surface area (Å²) in [5.74, 6) is 1.06. The summed E-state index contributed by atoms with van der Waals surface area (Å²) < 4.78 is 0. The van der Waals surface area contributed by atoms with Crippen molar-refractivity contribution in [3.8, 4) is 0 Å². The van der Waals surface area contributed by atoms with Crippen molar-refractivity contribution in [2.24, 2.45) is 10.9 Å². The molecule has 0 aromatic rings. The van der Waals surface area contributed by atoms with E-state index in [1.807, 2.05) is 0 Å². The van der Waals surface area contributed by atoms with E-state index in [-0.39, 0.29) is 0 Å². The Bertz CT molecular complexity index is 221. The summed E-state index contributed by atoms with van der Waals surface area (Å²) in [6.45, 7) is 3.27. The minimum atomic E-state index is 1.01. The molecule has 0 unspecified atom stereocenters.